The highest BCUT2D eigenvalue weighted by atomic mass is 35.5. The van der Waals surface area contributed by atoms with Crippen LogP contribution in [0.15, 0.2) is 29.2 Å². The Labute approximate surface area is 115 Å². The molecule has 0 saturated carbocycles. The smallest absolute Gasteiger partial charge is 0.322 e. The minimum absolute atomic E-state index is 0.0830. The Morgan fingerprint density at radius 2 is 2.11 bits per heavy atom. The maximum atomic E-state index is 12.3. The van der Waals surface area contributed by atoms with Crippen LogP contribution in [0.4, 0.5) is 0 Å². The number of rotatable bonds is 3. The van der Waals surface area contributed by atoms with Crippen LogP contribution in [0.5, 0.6) is 0 Å². The number of aliphatic carboxylic acids is 1. The van der Waals surface area contributed by atoms with Crippen molar-refractivity contribution in [3.63, 3.8) is 0 Å². The van der Waals surface area contributed by atoms with Gasteiger partial charge in [-0.25, -0.2) is 8.42 Å². The van der Waals surface area contributed by atoms with Gasteiger partial charge in [-0.3, -0.25) is 4.79 Å². The summed E-state index contributed by atoms with van der Waals surface area (Å²) in [5.41, 5.74) is 0. The van der Waals surface area contributed by atoms with E-state index in [0.717, 1.165) is 4.31 Å². The van der Waals surface area contributed by atoms with E-state index >= 15 is 0 Å². The molecule has 1 heterocycles. The van der Waals surface area contributed by atoms with Crippen LogP contribution in [-0.2, 0) is 14.8 Å². The molecule has 2 rings (SSSR count). The molecule has 0 aliphatic carbocycles. The summed E-state index contributed by atoms with van der Waals surface area (Å²) in [6, 6.07) is 4.33. The molecule has 1 aliphatic rings. The molecule has 0 radical (unpaired) electrons. The van der Waals surface area contributed by atoms with Gasteiger partial charge in [0.25, 0.3) is 0 Å². The first-order valence-electron chi connectivity index (χ1n) is 5.50. The molecule has 8 heteroatoms. The highest BCUT2D eigenvalue weighted by molar-refractivity contribution is 7.89. The van der Waals surface area contributed by atoms with Gasteiger partial charge in [-0.15, -0.1) is 0 Å². The molecule has 1 aromatic carbocycles. The average Bonchev–Trinajstić information content (AvgIpc) is 2.72. The van der Waals surface area contributed by atoms with Gasteiger partial charge in [0.2, 0.25) is 10.0 Å². The zero-order chi connectivity index (χ0) is 14.2. The van der Waals surface area contributed by atoms with Gasteiger partial charge < -0.3 is 10.2 Å². The van der Waals surface area contributed by atoms with E-state index in [1.165, 1.54) is 24.3 Å². The van der Waals surface area contributed by atoms with Gasteiger partial charge in [0.1, 0.15) is 6.04 Å². The summed E-state index contributed by atoms with van der Waals surface area (Å²) >= 11 is 5.74. The van der Waals surface area contributed by atoms with Crippen LogP contribution in [0, 0.1) is 0 Å². The lowest BCUT2D eigenvalue weighted by Gasteiger charge is -2.20. The number of hydrogen-bond donors (Lipinski definition) is 2. The highest BCUT2D eigenvalue weighted by Gasteiger charge is 2.43. The SMILES string of the molecule is O=C(O)[C@@H]1C[C@H](O)CN1S(=O)(=O)c1cccc(Cl)c1. The lowest BCUT2D eigenvalue weighted by molar-refractivity contribution is -0.140. The first kappa shape index (κ1) is 14.3. The Kier molecular flexibility index (Phi) is 3.82. The fourth-order valence-corrected chi connectivity index (χ4v) is 3.97. The van der Waals surface area contributed by atoms with Crippen LogP contribution in [-0.4, -0.2) is 47.6 Å². The van der Waals surface area contributed by atoms with Crippen LogP contribution in [0.3, 0.4) is 0 Å². The standard InChI is InChI=1S/C11H12ClNO5S/c12-7-2-1-3-9(4-7)19(17,18)13-6-8(14)5-10(13)11(15)16/h1-4,8,10,14H,5-6H2,(H,15,16)/t8-,10-/m0/s1. The van der Waals surface area contributed by atoms with Crippen molar-refractivity contribution in [2.45, 2.75) is 23.5 Å². The molecule has 0 aromatic heterocycles. The fourth-order valence-electron chi connectivity index (χ4n) is 2.04. The number of benzene rings is 1. The third-order valence-electron chi connectivity index (χ3n) is 2.92. The molecule has 0 amide bonds. The quantitative estimate of drug-likeness (QED) is 0.850. The Hall–Kier alpha value is -1.15. The van der Waals surface area contributed by atoms with E-state index in [9.17, 15) is 18.3 Å². The summed E-state index contributed by atoms with van der Waals surface area (Å²) in [6.45, 7) is -0.230. The van der Waals surface area contributed by atoms with Gasteiger partial charge in [0, 0.05) is 18.0 Å². The summed E-state index contributed by atoms with van der Waals surface area (Å²) in [4.78, 5) is 11.0. The third-order valence-corrected chi connectivity index (χ3v) is 5.03. The van der Waals surface area contributed by atoms with Gasteiger partial charge in [-0.2, -0.15) is 4.31 Å². The molecule has 2 N–H and O–H groups in total. The van der Waals surface area contributed by atoms with E-state index in [4.69, 9.17) is 16.7 Å². The number of hydrogen-bond acceptors (Lipinski definition) is 4. The van der Waals surface area contributed by atoms with Crippen molar-refractivity contribution in [2.24, 2.45) is 0 Å². The Balaban J connectivity index is 2.41. The number of sulfonamides is 1. The normalized spacial score (nSPS) is 24.5. The first-order valence-corrected chi connectivity index (χ1v) is 7.32. The van der Waals surface area contributed by atoms with Crippen molar-refractivity contribution < 1.29 is 23.4 Å². The van der Waals surface area contributed by atoms with Gasteiger partial charge in [0.15, 0.2) is 0 Å². The van der Waals surface area contributed by atoms with E-state index in [1.807, 2.05) is 0 Å². The van der Waals surface area contributed by atoms with Crippen molar-refractivity contribution in [1.82, 2.24) is 4.31 Å². The molecule has 6 nitrogen and oxygen atoms in total. The monoisotopic (exact) mass is 305 g/mol. The van der Waals surface area contributed by atoms with Gasteiger partial charge in [-0.1, -0.05) is 17.7 Å². The second-order valence-electron chi connectivity index (χ2n) is 4.28. The largest absolute Gasteiger partial charge is 0.480 e. The van der Waals surface area contributed by atoms with Crippen LogP contribution in [0.25, 0.3) is 0 Å². The molecular weight excluding hydrogens is 294 g/mol. The zero-order valence-corrected chi connectivity index (χ0v) is 11.3. The molecule has 19 heavy (non-hydrogen) atoms. The third kappa shape index (κ3) is 2.74. The number of aliphatic hydroxyl groups is 1. The van der Waals surface area contributed by atoms with Gasteiger partial charge in [-0.05, 0) is 18.2 Å². The summed E-state index contributed by atoms with van der Waals surface area (Å²) in [5.74, 6) is -1.28. The second-order valence-corrected chi connectivity index (χ2v) is 6.60. The van der Waals surface area contributed by atoms with Crippen LogP contribution >= 0.6 is 11.6 Å². The molecule has 1 aliphatic heterocycles. The zero-order valence-electron chi connectivity index (χ0n) is 9.73. The maximum Gasteiger partial charge on any atom is 0.322 e. The molecule has 1 aromatic rings. The Morgan fingerprint density at radius 1 is 1.42 bits per heavy atom. The lowest BCUT2D eigenvalue weighted by atomic mass is 10.2. The molecule has 1 fully saturated rings. The maximum absolute atomic E-state index is 12.3. The molecule has 2 atom stereocenters. The van der Waals surface area contributed by atoms with E-state index in [0.29, 0.717) is 0 Å². The van der Waals surface area contributed by atoms with Crippen molar-refractivity contribution in [3.8, 4) is 0 Å². The first-order chi connectivity index (χ1) is 8.82. The molecule has 0 spiro atoms. The van der Waals surface area contributed by atoms with E-state index < -0.39 is 28.1 Å². The number of carboxylic acid groups (broad SMARTS) is 1. The predicted octanol–water partition coefficient (Wildman–Crippen LogP) is 0.549. The summed E-state index contributed by atoms with van der Waals surface area (Å²) in [6.07, 6.45) is -1.09. The average molecular weight is 306 g/mol. The van der Waals surface area contributed by atoms with Crippen molar-refractivity contribution in [1.29, 1.82) is 0 Å². The van der Waals surface area contributed by atoms with Crippen LogP contribution in [0.2, 0.25) is 5.02 Å². The second kappa shape index (κ2) is 5.09. The van der Waals surface area contributed by atoms with Crippen LogP contribution in [0.1, 0.15) is 6.42 Å². The lowest BCUT2D eigenvalue weighted by Crippen LogP contribution is -2.40. The van der Waals surface area contributed by atoms with E-state index in [1.54, 1.807) is 0 Å². The minimum atomic E-state index is -3.98. The Morgan fingerprint density at radius 3 is 2.68 bits per heavy atom. The van der Waals surface area contributed by atoms with Crippen molar-refractivity contribution in [2.75, 3.05) is 6.54 Å². The number of β-amino-alcohol motifs (C(OH)–C–C–N with tert-alkyl or cyclic N) is 1. The van der Waals surface area contributed by atoms with Gasteiger partial charge in [0.05, 0.1) is 11.0 Å². The molecular formula is C11H12ClNO5S. The Bertz CT molecular complexity index is 603. The fraction of sp³-hybridized carbons (Fsp3) is 0.364. The number of halogens is 1. The molecule has 104 valence electrons. The summed E-state index contributed by atoms with van der Waals surface area (Å²) in [7, 11) is -3.98. The van der Waals surface area contributed by atoms with Crippen molar-refractivity contribution >= 4 is 27.6 Å². The minimum Gasteiger partial charge on any atom is -0.480 e. The molecule has 0 unspecified atom stereocenters. The van der Waals surface area contributed by atoms with E-state index in [-0.39, 0.29) is 22.9 Å². The molecule has 1 saturated heterocycles. The number of carbonyl (C=O) groups is 1. The summed E-state index contributed by atoms with van der Waals surface area (Å²) in [5, 5.41) is 18.8. The van der Waals surface area contributed by atoms with Crippen LogP contribution < -0.4 is 0 Å². The highest BCUT2D eigenvalue weighted by Crippen LogP contribution is 2.27. The molecule has 0 bridgehead atoms. The van der Waals surface area contributed by atoms with E-state index in [2.05, 4.69) is 0 Å². The number of carboxylic acids is 1. The number of aliphatic hydroxyl groups excluding tert-OH is 1. The summed E-state index contributed by atoms with van der Waals surface area (Å²) < 4.78 is 25.5. The van der Waals surface area contributed by atoms with Crippen molar-refractivity contribution in [3.05, 3.63) is 29.3 Å². The number of nitrogens with zero attached hydrogens (tertiary/aromatic N) is 1. The topological polar surface area (TPSA) is 94.9 Å². The predicted molar refractivity (Wildman–Crippen MR) is 67.4 cm³/mol. The van der Waals surface area contributed by atoms with Gasteiger partial charge >= 0.3 is 5.97 Å².